The van der Waals surface area contributed by atoms with E-state index in [9.17, 15) is 9.59 Å². The summed E-state index contributed by atoms with van der Waals surface area (Å²) in [6.07, 6.45) is 2.43. The molecule has 0 bridgehead atoms. The van der Waals surface area contributed by atoms with E-state index in [0.717, 1.165) is 10.9 Å². The molecule has 1 N–H and O–H groups in total. The molecule has 0 aliphatic carbocycles. The first-order valence-electron chi connectivity index (χ1n) is 8.12. The molecular weight excluding hydrogens is 416 g/mol. The number of thioether (sulfide) groups is 1. The van der Waals surface area contributed by atoms with Gasteiger partial charge in [0.25, 0.3) is 5.56 Å². The summed E-state index contributed by atoms with van der Waals surface area (Å²) in [5, 5.41) is 3.88. The van der Waals surface area contributed by atoms with Crippen LogP contribution >= 0.6 is 27.7 Å². The third-order valence-electron chi connectivity index (χ3n) is 3.60. The molecule has 0 spiro atoms. The van der Waals surface area contributed by atoms with E-state index in [-0.39, 0.29) is 17.2 Å². The molecule has 0 fully saturated rings. The van der Waals surface area contributed by atoms with E-state index in [0.29, 0.717) is 28.4 Å². The summed E-state index contributed by atoms with van der Waals surface area (Å²) in [4.78, 5) is 33.6. The zero-order valence-corrected chi connectivity index (χ0v) is 16.5. The molecule has 0 aliphatic rings. The molecule has 2 heterocycles. The highest BCUT2D eigenvalue weighted by molar-refractivity contribution is 9.10. The van der Waals surface area contributed by atoms with Crippen molar-refractivity contribution in [1.29, 1.82) is 0 Å². The number of rotatable bonds is 6. The number of aromatic nitrogens is 3. The van der Waals surface area contributed by atoms with Crippen LogP contribution in [0.4, 0.5) is 5.82 Å². The van der Waals surface area contributed by atoms with Crippen LogP contribution in [-0.2, 0) is 11.3 Å². The predicted molar refractivity (Wildman–Crippen MR) is 108 cm³/mol. The normalized spacial score (nSPS) is 10.8. The topological polar surface area (TPSA) is 76.9 Å². The molecule has 1 aromatic carbocycles. The molecule has 0 unspecified atom stereocenters. The highest BCUT2D eigenvalue weighted by atomic mass is 79.9. The highest BCUT2D eigenvalue weighted by Gasteiger charge is 2.13. The van der Waals surface area contributed by atoms with Crippen molar-refractivity contribution in [2.45, 2.75) is 25.0 Å². The Morgan fingerprint density at radius 3 is 2.81 bits per heavy atom. The maximum absolute atomic E-state index is 12.7. The van der Waals surface area contributed by atoms with Crippen LogP contribution < -0.4 is 10.9 Å². The molecular formula is C18H17BrN4O2S. The largest absolute Gasteiger partial charge is 0.310 e. The molecule has 3 rings (SSSR count). The molecule has 0 saturated heterocycles. The molecule has 1 amide bonds. The summed E-state index contributed by atoms with van der Waals surface area (Å²) in [5.41, 5.74) is 0.567. The third-order valence-corrected chi connectivity index (χ3v) is 5.05. The third kappa shape index (κ3) is 4.31. The van der Waals surface area contributed by atoms with E-state index in [1.165, 1.54) is 11.8 Å². The van der Waals surface area contributed by atoms with Gasteiger partial charge >= 0.3 is 0 Å². The summed E-state index contributed by atoms with van der Waals surface area (Å²) < 4.78 is 2.48. The average molecular weight is 433 g/mol. The second-order valence-electron chi connectivity index (χ2n) is 5.57. The van der Waals surface area contributed by atoms with E-state index >= 15 is 0 Å². The van der Waals surface area contributed by atoms with Crippen LogP contribution in [0.2, 0.25) is 0 Å². The van der Waals surface area contributed by atoms with Gasteiger partial charge < -0.3 is 5.32 Å². The number of nitrogens with one attached hydrogen (secondary N) is 1. The number of hydrogen-bond acceptors (Lipinski definition) is 5. The molecule has 26 heavy (non-hydrogen) atoms. The van der Waals surface area contributed by atoms with E-state index in [4.69, 9.17) is 0 Å². The fraction of sp³-hybridized carbons (Fsp3) is 0.222. The number of anilines is 1. The van der Waals surface area contributed by atoms with Gasteiger partial charge in [0.2, 0.25) is 5.91 Å². The maximum Gasteiger partial charge on any atom is 0.262 e. The van der Waals surface area contributed by atoms with Gasteiger partial charge in [-0.15, -0.1) is 0 Å². The molecule has 0 saturated carbocycles. The van der Waals surface area contributed by atoms with Crippen LogP contribution in [0, 0.1) is 0 Å². The van der Waals surface area contributed by atoms with Gasteiger partial charge in [0.1, 0.15) is 5.82 Å². The second-order valence-corrected chi connectivity index (χ2v) is 7.43. The van der Waals surface area contributed by atoms with Crippen molar-refractivity contribution >= 4 is 50.3 Å². The monoisotopic (exact) mass is 432 g/mol. The number of hydrogen-bond donors (Lipinski definition) is 1. The smallest absolute Gasteiger partial charge is 0.262 e. The molecule has 3 aromatic rings. The average Bonchev–Trinajstić information content (AvgIpc) is 2.64. The number of carbonyl (C=O) groups is 1. The van der Waals surface area contributed by atoms with E-state index in [1.807, 2.05) is 25.1 Å². The Kier molecular flexibility index (Phi) is 6.05. The quantitative estimate of drug-likeness (QED) is 0.474. The number of pyridine rings is 1. The minimum absolute atomic E-state index is 0.0741. The van der Waals surface area contributed by atoms with Crippen LogP contribution in [0.15, 0.2) is 57.0 Å². The first kappa shape index (κ1) is 18.6. The SMILES string of the molecule is CCCn1c(SCC(=O)Nc2ccc(Br)cn2)nc2ccccc2c1=O. The zero-order valence-electron chi connectivity index (χ0n) is 14.1. The summed E-state index contributed by atoms with van der Waals surface area (Å²) >= 11 is 4.55. The number of para-hydroxylation sites is 1. The van der Waals surface area contributed by atoms with Gasteiger partial charge in [-0.3, -0.25) is 14.2 Å². The lowest BCUT2D eigenvalue weighted by Gasteiger charge is -2.12. The lowest BCUT2D eigenvalue weighted by atomic mass is 10.2. The number of nitrogens with zero attached hydrogens (tertiary/aromatic N) is 3. The molecule has 0 aliphatic heterocycles. The number of amides is 1. The van der Waals surface area contributed by atoms with Gasteiger partial charge in [-0.2, -0.15) is 0 Å². The number of halogens is 1. The second kappa shape index (κ2) is 8.46. The Balaban J connectivity index is 1.79. The predicted octanol–water partition coefficient (Wildman–Crippen LogP) is 3.69. The van der Waals surface area contributed by atoms with Gasteiger partial charge in [0.05, 0.1) is 16.7 Å². The van der Waals surface area contributed by atoms with Crippen LogP contribution in [0.1, 0.15) is 13.3 Å². The fourth-order valence-corrected chi connectivity index (χ4v) is 3.50. The molecule has 8 heteroatoms. The highest BCUT2D eigenvalue weighted by Crippen LogP contribution is 2.19. The minimum atomic E-state index is -0.199. The number of benzene rings is 1. The standard InChI is InChI=1S/C18H17BrN4O2S/c1-2-9-23-17(25)13-5-3-4-6-14(13)21-18(23)26-11-16(24)22-15-8-7-12(19)10-20-15/h3-8,10H,2,9,11H2,1H3,(H,20,22,24). The number of carbonyl (C=O) groups excluding carboxylic acids is 1. The first-order chi connectivity index (χ1) is 12.6. The Hall–Kier alpha value is -2.19. The van der Waals surface area contributed by atoms with Crippen molar-refractivity contribution in [2.75, 3.05) is 11.1 Å². The zero-order chi connectivity index (χ0) is 18.5. The molecule has 2 aromatic heterocycles. The first-order valence-corrected chi connectivity index (χ1v) is 9.90. The Labute approximate surface area is 163 Å². The summed E-state index contributed by atoms with van der Waals surface area (Å²) in [6, 6.07) is 10.8. The van der Waals surface area contributed by atoms with Gasteiger partial charge in [-0.25, -0.2) is 9.97 Å². The summed E-state index contributed by atoms with van der Waals surface area (Å²) in [7, 11) is 0. The summed E-state index contributed by atoms with van der Waals surface area (Å²) in [6.45, 7) is 2.57. The van der Waals surface area contributed by atoms with Crippen molar-refractivity contribution < 1.29 is 4.79 Å². The van der Waals surface area contributed by atoms with Crippen molar-refractivity contribution in [3.05, 3.63) is 57.4 Å². The Morgan fingerprint density at radius 1 is 1.27 bits per heavy atom. The van der Waals surface area contributed by atoms with Crippen LogP contribution in [0.25, 0.3) is 10.9 Å². The van der Waals surface area contributed by atoms with Crippen LogP contribution in [0.3, 0.4) is 0 Å². The van der Waals surface area contributed by atoms with Crippen molar-refractivity contribution in [3.8, 4) is 0 Å². The van der Waals surface area contributed by atoms with E-state index < -0.39 is 0 Å². The summed E-state index contributed by atoms with van der Waals surface area (Å²) in [5.74, 6) is 0.429. The molecule has 0 radical (unpaired) electrons. The molecule has 134 valence electrons. The van der Waals surface area contributed by atoms with Gasteiger partial charge in [0.15, 0.2) is 5.16 Å². The minimum Gasteiger partial charge on any atom is -0.310 e. The maximum atomic E-state index is 12.7. The van der Waals surface area contributed by atoms with E-state index in [1.54, 1.807) is 29.0 Å². The number of fused-ring (bicyclic) bond motifs is 1. The molecule has 0 atom stereocenters. The fourth-order valence-electron chi connectivity index (χ4n) is 2.44. The van der Waals surface area contributed by atoms with Gasteiger partial charge in [-0.1, -0.05) is 30.8 Å². The Morgan fingerprint density at radius 2 is 2.08 bits per heavy atom. The van der Waals surface area contributed by atoms with Gasteiger partial charge in [-0.05, 0) is 46.6 Å². The van der Waals surface area contributed by atoms with Crippen molar-refractivity contribution in [2.24, 2.45) is 0 Å². The van der Waals surface area contributed by atoms with Crippen molar-refractivity contribution in [1.82, 2.24) is 14.5 Å². The van der Waals surface area contributed by atoms with Crippen molar-refractivity contribution in [3.63, 3.8) is 0 Å². The van der Waals surface area contributed by atoms with Crippen LogP contribution in [-0.4, -0.2) is 26.2 Å². The lowest BCUT2D eigenvalue weighted by molar-refractivity contribution is -0.113. The lowest BCUT2D eigenvalue weighted by Crippen LogP contribution is -2.24. The molecule has 6 nitrogen and oxygen atoms in total. The van der Waals surface area contributed by atoms with Crippen LogP contribution in [0.5, 0.6) is 0 Å². The van der Waals surface area contributed by atoms with E-state index in [2.05, 4.69) is 31.2 Å². The van der Waals surface area contributed by atoms with Gasteiger partial charge in [0, 0.05) is 17.2 Å². The Bertz CT molecular complexity index is 989.